The molecule has 0 saturated heterocycles. The number of carbonyl (C=O) groups is 2. The van der Waals surface area contributed by atoms with Gasteiger partial charge in [-0.1, -0.05) is 0 Å². The summed E-state index contributed by atoms with van der Waals surface area (Å²) in [5.74, 6) is -2.54. The minimum atomic E-state index is -1.27. The van der Waals surface area contributed by atoms with E-state index in [9.17, 15) is 14.4 Å². The topological polar surface area (TPSA) is 94.9 Å². The number of carboxylic acids is 2. The molecule has 0 aliphatic heterocycles. The van der Waals surface area contributed by atoms with Crippen LogP contribution < -0.4 is 0 Å². The molecule has 0 unspecified atom stereocenters. The Kier molecular flexibility index (Phi) is 3.65. The molecule has 0 aromatic heterocycles. The first-order chi connectivity index (χ1) is 5.06. The van der Waals surface area contributed by atoms with Crippen LogP contribution in [-0.4, -0.2) is 46.6 Å². The quantitative estimate of drug-likeness (QED) is 0.478. The van der Waals surface area contributed by atoms with Crippen LogP contribution in [0.5, 0.6) is 0 Å². The number of rotatable bonds is 5. The molecule has 61 valence electrons. The predicted molar refractivity (Wildman–Crippen MR) is 32.5 cm³/mol. The van der Waals surface area contributed by atoms with Gasteiger partial charge in [-0.15, -0.1) is 0 Å². The third-order valence-electron chi connectivity index (χ3n) is 0.781. The Bertz CT molecular complexity index is 162. The van der Waals surface area contributed by atoms with Crippen LogP contribution in [0.15, 0.2) is 0 Å². The highest BCUT2D eigenvalue weighted by Crippen LogP contribution is 1.81. The largest absolute Gasteiger partial charge is 0.480 e. The Morgan fingerprint density at radius 1 is 1.18 bits per heavy atom. The highest BCUT2D eigenvalue weighted by Gasteiger charge is 2.10. The summed E-state index contributed by atoms with van der Waals surface area (Å²) in [4.78, 5) is 30.2. The maximum atomic E-state index is 9.94. The van der Waals surface area contributed by atoms with Gasteiger partial charge in [0.25, 0.3) is 0 Å². The van der Waals surface area contributed by atoms with Crippen molar-refractivity contribution in [1.82, 2.24) is 4.90 Å². The van der Waals surface area contributed by atoms with Gasteiger partial charge >= 0.3 is 18.3 Å². The van der Waals surface area contributed by atoms with E-state index in [-0.39, 0.29) is 0 Å². The maximum Gasteiger partial charge on any atom is 0.323 e. The summed E-state index contributed by atoms with van der Waals surface area (Å²) in [6, 6.07) is 0. The second-order valence-corrected chi connectivity index (χ2v) is 1.73. The molecule has 0 atom stereocenters. The number of aliphatic carboxylic acids is 2. The first-order valence-corrected chi connectivity index (χ1v) is 2.62. The van der Waals surface area contributed by atoms with E-state index in [1.54, 1.807) is 0 Å². The molecule has 6 heteroatoms. The molecule has 1 radical (unpaired) electrons. The molecular formula is C5H6NO5. The van der Waals surface area contributed by atoms with Crippen LogP contribution in [0, 0.1) is 0 Å². The van der Waals surface area contributed by atoms with Crippen LogP contribution in [0.3, 0.4) is 0 Å². The lowest BCUT2D eigenvalue weighted by Gasteiger charge is -2.08. The summed E-state index contributed by atoms with van der Waals surface area (Å²) in [7, 11) is 0. The third kappa shape index (κ3) is 4.89. The van der Waals surface area contributed by atoms with Gasteiger partial charge in [-0.3, -0.25) is 14.4 Å². The Balaban J connectivity index is 3.85. The standard InChI is InChI=1S/C5H6NO5/c7-3-6(1-4(8)9)2-5(10)11/h1-2H2,(H,8,9)(H,10,11). The second kappa shape index (κ2) is 4.26. The van der Waals surface area contributed by atoms with Crippen molar-refractivity contribution in [1.29, 1.82) is 0 Å². The fourth-order valence-electron chi connectivity index (χ4n) is 0.447. The van der Waals surface area contributed by atoms with Gasteiger partial charge in [0.2, 0.25) is 0 Å². The zero-order valence-corrected chi connectivity index (χ0v) is 5.48. The zero-order valence-electron chi connectivity index (χ0n) is 5.48. The molecule has 2 N–H and O–H groups in total. The number of nitrogens with zero attached hydrogens (tertiary/aromatic N) is 1. The van der Waals surface area contributed by atoms with Crippen molar-refractivity contribution in [2.75, 3.05) is 13.1 Å². The Morgan fingerprint density at radius 2 is 1.55 bits per heavy atom. The molecule has 0 fully saturated rings. The van der Waals surface area contributed by atoms with Crippen molar-refractivity contribution in [3.63, 3.8) is 0 Å². The molecule has 11 heavy (non-hydrogen) atoms. The Morgan fingerprint density at radius 3 is 1.73 bits per heavy atom. The van der Waals surface area contributed by atoms with Crippen LogP contribution in [0.4, 0.5) is 0 Å². The molecule has 1 amide bonds. The van der Waals surface area contributed by atoms with E-state index >= 15 is 0 Å². The fraction of sp³-hybridized carbons (Fsp3) is 0.400. The minimum Gasteiger partial charge on any atom is -0.480 e. The van der Waals surface area contributed by atoms with E-state index in [2.05, 4.69) is 0 Å². The molecule has 0 aliphatic carbocycles. The molecule has 0 aromatic rings. The third-order valence-corrected chi connectivity index (χ3v) is 0.781. The van der Waals surface area contributed by atoms with Gasteiger partial charge in [0.1, 0.15) is 13.1 Å². The molecule has 0 saturated carbocycles. The first kappa shape index (κ1) is 9.41. The van der Waals surface area contributed by atoms with Gasteiger partial charge < -0.3 is 15.1 Å². The Hall–Kier alpha value is -1.59. The van der Waals surface area contributed by atoms with Crippen LogP contribution in [0.25, 0.3) is 0 Å². The Labute approximate surface area is 62.0 Å². The summed E-state index contributed by atoms with van der Waals surface area (Å²) >= 11 is 0. The molecular weight excluding hydrogens is 154 g/mol. The van der Waals surface area contributed by atoms with E-state index in [0.29, 0.717) is 4.90 Å². The van der Waals surface area contributed by atoms with Gasteiger partial charge in [-0.05, 0) is 0 Å². The van der Waals surface area contributed by atoms with E-state index in [1.807, 2.05) is 0 Å². The van der Waals surface area contributed by atoms with Crippen molar-refractivity contribution >= 4 is 18.3 Å². The highest BCUT2D eigenvalue weighted by atomic mass is 16.4. The lowest BCUT2D eigenvalue weighted by Crippen LogP contribution is -2.33. The zero-order chi connectivity index (χ0) is 8.85. The van der Waals surface area contributed by atoms with Gasteiger partial charge in [-0.2, -0.15) is 0 Å². The van der Waals surface area contributed by atoms with Crippen LogP contribution >= 0.6 is 0 Å². The molecule has 0 rings (SSSR count). The summed E-state index contributed by atoms with van der Waals surface area (Å²) < 4.78 is 0. The van der Waals surface area contributed by atoms with E-state index in [1.165, 1.54) is 6.41 Å². The molecule has 0 aliphatic rings. The monoisotopic (exact) mass is 160 g/mol. The molecule has 0 bridgehead atoms. The fourth-order valence-corrected chi connectivity index (χ4v) is 0.447. The SMILES string of the molecule is O=[C]N(CC(=O)O)CC(=O)O. The maximum absolute atomic E-state index is 9.94. The van der Waals surface area contributed by atoms with Crippen molar-refractivity contribution < 1.29 is 24.6 Å². The van der Waals surface area contributed by atoms with Gasteiger partial charge in [-0.25, -0.2) is 0 Å². The second-order valence-electron chi connectivity index (χ2n) is 1.73. The van der Waals surface area contributed by atoms with E-state index in [0.717, 1.165) is 0 Å². The minimum absolute atomic E-state index is 0.519. The lowest BCUT2D eigenvalue weighted by atomic mass is 10.5. The van der Waals surface area contributed by atoms with Crippen molar-refractivity contribution in [2.45, 2.75) is 0 Å². The lowest BCUT2D eigenvalue weighted by molar-refractivity contribution is -0.140. The summed E-state index contributed by atoms with van der Waals surface area (Å²) in [5.41, 5.74) is 0. The van der Waals surface area contributed by atoms with E-state index in [4.69, 9.17) is 10.2 Å². The first-order valence-electron chi connectivity index (χ1n) is 2.62. The van der Waals surface area contributed by atoms with Gasteiger partial charge in [0.05, 0.1) is 0 Å². The number of carbonyl (C=O) groups excluding carboxylic acids is 1. The molecule has 6 nitrogen and oxygen atoms in total. The van der Waals surface area contributed by atoms with Crippen molar-refractivity contribution in [3.8, 4) is 0 Å². The smallest absolute Gasteiger partial charge is 0.323 e. The number of carboxylic acid groups (broad SMARTS) is 2. The van der Waals surface area contributed by atoms with Crippen LogP contribution in [0.1, 0.15) is 0 Å². The predicted octanol–water partition coefficient (Wildman–Crippen LogP) is -1.48. The molecule has 0 spiro atoms. The van der Waals surface area contributed by atoms with Crippen LogP contribution in [0.2, 0.25) is 0 Å². The van der Waals surface area contributed by atoms with E-state index < -0.39 is 25.0 Å². The number of hydrogen-bond acceptors (Lipinski definition) is 3. The average molecular weight is 160 g/mol. The van der Waals surface area contributed by atoms with Crippen molar-refractivity contribution in [3.05, 3.63) is 0 Å². The number of amides is 1. The van der Waals surface area contributed by atoms with Crippen molar-refractivity contribution in [2.24, 2.45) is 0 Å². The number of hydrogen-bond donors (Lipinski definition) is 2. The average Bonchev–Trinajstić information content (AvgIpc) is 1.84. The van der Waals surface area contributed by atoms with Crippen LogP contribution in [-0.2, 0) is 14.4 Å². The van der Waals surface area contributed by atoms with Gasteiger partial charge in [0, 0.05) is 0 Å². The summed E-state index contributed by atoms with van der Waals surface area (Å²) in [6.07, 6.45) is 1.19. The molecule has 0 aromatic carbocycles. The summed E-state index contributed by atoms with van der Waals surface area (Å²) in [5, 5.41) is 16.2. The summed E-state index contributed by atoms with van der Waals surface area (Å²) in [6.45, 7) is -1.29. The normalized spacial score (nSPS) is 8.73. The molecule has 0 heterocycles. The van der Waals surface area contributed by atoms with Gasteiger partial charge in [0.15, 0.2) is 0 Å². The highest BCUT2D eigenvalue weighted by molar-refractivity contribution is 5.76.